The molecule has 1 N–H and O–H groups in total. The number of hydrogen-bond acceptors (Lipinski definition) is 5. The normalized spacial score (nSPS) is 22.6. The molecule has 0 bridgehead atoms. The van der Waals surface area contributed by atoms with Crippen molar-refractivity contribution in [1.82, 2.24) is 9.80 Å². The first-order valence-corrected chi connectivity index (χ1v) is 10.1. The number of carbonyl (C=O) groups excluding carboxylic acids is 1. The van der Waals surface area contributed by atoms with Gasteiger partial charge in [0.2, 0.25) is 5.91 Å². The molecule has 7 heteroatoms. The van der Waals surface area contributed by atoms with Crippen molar-refractivity contribution in [3.63, 3.8) is 0 Å². The molecule has 2 aliphatic rings. The molecule has 6 nitrogen and oxygen atoms in total. The van der Waals surface area contributed by atoms with Crippen LogP contribution in [0.15, 0.2) is 34.7 Å². The second-order valence-electron chi connectivity index (χ2n) is 8.05. The van der Waals surface area contributed by atoms with Gasteiger partial charge in [-0.1, -0.05) is 0 Å². The molecule has 1 aromatic heterocycles. The lowest BCUT2D eigenvalue weighted by molar-refractivity contribution is -0.146. The Bertz CT molecular complexity index is 883. The summed E-state index contributed by atoms with van der Waals surface area (Å²) in [5, 5.41) is 9.16. The molecule has 29 heavy (non-hydrogen) atoms. The zero-order chi connectivity index (χ0) is 20.4. The Morgan fingerprint density at radius 3 is 2.76 bits per heavy atom. The van der Waals surface area contributed by atoms with E-state index in [0.29, 0.717) is 36.7 Å². The minimum Gasteiger partial charge on any atom is -0.497 e. The predicted octanol–water partition coefficient (Wildman–Crippen LogP) is 2.93. The Labute approximate surface area is 169 Å². The number of nitrogens with zero attached hydrogens (tertiary/aromatic N) is 2. The molecule has 1 atom stereocenters. The zero-order valence-electron chi connectivity index (χ0n) is 16.7. The molecule has 4 rings (SSSR count). The third-order valence-electron chi connectivity index (χ3n) is 6.12. The maximum atomic E-state index is 14.3. The van der Waals surface area contributed by atoms with Crippen LogP contribution >= 0.6 is 0 Å². The van der Waals surface area contributed by atoms with Crippen molar-refractivity contribution < 1.29 is 23.4 Å². The van der Waals surface area contributed by atoms with Crippen LogP contribution in [0.4, 0.5) is 4.39 Å². The fourth-order valence-electron chi connectivity index (χ4n) is 4.59. The van der Waals surface area contributed by atoms with Gasteiger partial charge < -0.3 is 19.2 Å². The SMILES string of the molecule is COc1ccc(F)c(CN2CCCC3(CCN(Cc4ccc(CO)o4)C3)C2=O)c1. The summed E-state index contributed by atoms with van der Waals surface area (Å²) in [6, 6.07) is 8.29. The van der Waals surface area contributed by atoms with E-state index < -0.39 is 5.41 Å². The van der Waals surface area contributed by atoms with Gasteiger partial charge in [0.15, 0.2) is 0 Å². The van der Waals surface area contributed by atoms with E-state index >= 15 is 0 Å². The number of ether oxygens (including phenoxy) is 1. The lowest BCUT2D eigenvalue weighted by Crippen LogP contribution is -2.49. The van der Waals surface area contributed by atoms with Crippen molar-refractivity contribution in [2.24, 2.45) is 5.41 Å². The summed E-state index contributed by atoms with van der Waals surface area (Å²) in [7, 11) is 1.55. The predicted molar refractivity (Wildman–Crippen MR) is 105 cm³/mol. The number of methoxy groups -OCH3 is 1. The fourth-order valence-corrected chi connectivity index (χ4v) is 4.59. The first kappa shape index (κ1) is 19.9. The minimum absolute atomic E-state index is 0.113. The molecule has 2 fully saturated rings. The van der Waals surface area contributed by atoms with Crippen LogP contribution in [0.1, 0.15) is 36.3 Å². The molecule has 2 aromatic rings. The summed E-state index contributed by atoms with van der Waals surface area (Å²) in [5.74, 6) is 1.74. The molecule has 2 aliphatic heterocycles. The Balaban J connectivity index is 1.44. The number of carbonyl (C=O) groups is 1. The van der Waals surface area contributed by atoms with E-state index in [1.807, 2.05) is 6.07 Å². The smallest absolute Gasteiger partial charge is 0.230 e. The van der Waals surface area contributed by atoms with E-state index in [1.54, 1.807) is 30.2 Å². The van der Waals surface area contributed by atoms with E-state index in [0.717, 1.165) is 31.6 Å². The van der Waals surface area contributed by atoms with Gasteiger partial charge in [-0.05, 0) is 56.1 Å². The minimum atomic E-state index is -0.403. The highest BCUT2D eigenvalue weighted by Gasteiger charge is 2.48. The Morgan fingerprint density at radius 1 is 1.17 bits per heavy atom. The number of aliphatic hydroxyl groups is 1. The van der Waals surface area contributed by atoms with Crippen LogP contribution in [-0.4, -0.2) is 47.6 Å². The molecule has 1 aromatic carbocycles. The van der Waals surface area contributed by atoms with E-state index in [-0.39, 0.29) is 24.9 Å². The number of aliphatic hydroxyl groups excluding tert-OH is 1. The lowest BCUT2D eigenvalue weighted by atomic mass is 9.78. The van der Waals surface area contributed by atoms with Crippen molar-refractivity contribution in [3.8, 4) is 5.75 Å². The van der Waals surface area contributed by atoms with Gasteiger partial charge in [0, 0.05) is 25.2 Å². The number of piperidine rings is 1. The van der Waals surface area contributed by atoms with Crippen molar-refractivity contribution in [2.75, 3.05) is 26.7 Å². The van der Waals surface area contributed by atoms with Crippen molar-refractivity contribution >= 4 is 5.91 Å². The maximum Gasteiger partial charge on any atom is 0.230 e. The highest BCUT2D eigenvalue weighted by atomic mass is 19.1. The van der Waals surface area contributed by atoms with Crippen LogP contribution in [0.2, 0.25) is 0 Å². The van der Waals surface area contributed by atoms with Gasteiger partial charge in [-0.2, -0.15) is 0 Å². The van der Waals surface area contributed by atoms with Gasteiger partial charge in [0.25, 0.3) is 0 Å². The summed E-state index contributed by atoms with van der Waals surface area (Å²) in [5.41, 5.74) is 0.0803. The molecule has 156 valence electrons. The first-order chi connectivity index (χ1) is 14.0. The average molecular weight is 402 g/mol. The summed E-state index contributed by atoms with van der Waals surface area (Å²) in [6.45, 7) is 2.93. The Morgan fingerprint density at radius 2 is 2.00 bits per heavy atom. The molecule has 0 radical (unpaired) electrons. The van der Waals surface area contributed by atoms with Crippen LogP contribution in [0.25, 0.3) is 0 Å². The number of halogens is 1. The first-order valence-electron chi connectivity index (χ1n) is 10.1. The quantitative estimate of drug-likeness (QED) is 0.805. The Kier molecular flexibility index (Phi) is 5.61. The molecular weight excluding hydrogens is 375 g/mol. The summed E-state index contributed by atoms with van der Waals surface area (Å²) in [6.07, 6.45) is 2.58. The average Bonchev–Trinajstić information content (AvgIpc) is 3.35. The van der Waals surface area contributed by atoms with Crippen molar-refractivity contribution in [1.29, 1.82) is 0 Å². The van der Waals surface area contributed by atoms with Gasteiger partial charge >= 0.3 is 0 Å². The van der Waals surface area contributed by atoms with Gasteiger partial charge in [-0.3, -0.25) is 9.69 Å². The van der Waals surface area contributed by atoms with Crippen LogP contribution in [0, 0.1) is 11.2 Å². The zero-order valence-corrected chi connectivity index (χ0v) is 16.7. The number of likely N-dealkylation sites (tertiary alicyclic amines) is 2. The van der Waals surface area contributed by atoms with Crippen LogP contribution < -0.4 is 4.74 Å². The van der Waals surface area contributed by atoms with Gasteiger partial charge in [0.1, 0.15) is 29.7 Å². The second-order valence-corrected chi connectivity index (χ2v) is 8.05. The fraction of sp³-hybridized carbons (Fsp3) is 0.500. The van der Waals surface area contributed by atoms with E-state index in [2.05, 4.69) is 4.90 Å². The molecule has 2 saturated heterocycles. The summed E-state index contributed by atoms with van der Waals surface area (Å²) < 4.78 is 25.1. The standard InChI is InChI=1S/C22H27FN2O4/c1-28-17-5-6-20(23)16(11-17)12-25-9-2-7-22(21(25)27)8-10-24(15-22)13-18-3-4-19(14-26)29-18/h3-6,11,26H,2,7-10,12-15H2,1H3. The molecule has 1 spiro atoms. The Hall–Kier alpha value is -2.38. The third kappa shape index (κ3) is 4.02. The molecule has 3 heterocycles. The van der Waals surface area contributed by atoms with Crippen LogP contribution in [-0.2, 0) is 24.5 Å². The monoisotopic (exact) mass is 402 g/mol. The topological polar surface area (TPSA) is 66.2 Å². The van der Waals surface area contributed by atoms with Gasteiger partial charge in [0.05, 0.1) is 19.1 Å². The van der Waals surface area contributed by atoms with Crippen LogP contribution in [0.5, 0.6) is 5.75 Å². The highest BCUT2D eigenvalue weighted by Crippen LogP contribution is 2.41. The number of furan rings is 1. The number of benzene rings is 1. The molecule has 0 saturated carbocycles. The maximum absolute atomic E-state index is 14.3. The molecule has 1 unspecified atom stereocenters. The van der Waals surface area contributed by atoms with Crippen molar-refractivity contribution in [3.05, 3.63) is 53.2 Å². The number of hydrogen-bond donors (Lipinski definition) is 1. The summed E-state index contributed by atoms with van der Waals surface area (Å²) >= 11 is 0. The van der Waals surface area contributed by atoms with E-state index in [4.69, 9.17) is 14.3 Å². The van der Waals surface area contributed by atoms with Crippen molar-refractivity contribution in [2.45, 2.75) is 39.0 Å². The largest absolute Gasteiger partial charge is 0.497 e. The van der Waals surface area contributed by atoms with Gasteiger partial charge in [-0.25, -0.2) is 4.39 Å². The molecular formula is C22H27FN2O4. The van der Waals surface area contributed by atoms with Gasteiger partial charge in [-0.15, -0.1) is 0 Å². The number of rotatable bonds is 6. The second kappa shape index (κ2) is 8.16. The van der Waals surface area contributed by atoms with E-state index in [1.165, 1.54) is 6.07 Å². The number of amides is 1. The highest BCUT2D eigenvalue weighted by molar-refractivity contribution is 5.84. The van der Waals surface area contributed by atoms with E-state index in [9.17, 15) is 9.18 Å². The lowest BCUT2D eigenvalue weighted by Gasteiger charge is -2.39. The summed E-state index contributed by atoms with van der Waals surface area (Å²) in [4.78, 5) is 17.4. The van der Waals surface area contributed by atoms with Crippen LogP contribution in [0.3, 0.4) is 0 Å². The molecule has 1 amide bonds. The third-order valence-corrected chi connectivity index (χ3v) is 6.12. The molecule has 0 aliphatic carbocycles.